The number of nitrogens with zero attached hydrogens (tertiary/aromatic N) is 2. The van der Waals surface area contributed by atoms with Crippen LogP contribution in [0.5, 0.6) is 0 Å². The predicted octanol–water partition coefficient (Wildman–Crippen LogP) is 2.36. The Bertz CT molecular complexity index is 381. The monoisotopic (exact) mass is 247 g/mol. The highest BCUT2D eigenvalue weighted by molar-refractivity contribution is 5.41. The summed E-state index contributed by atoms with van der Waals surface area (Å²) in [5.74, 6) is 0. The van der Waals surface area contributed by atoms with E-state index in [0.717, 1.165) is 11.7 Å². The molecule has 0 radical (unpaired) electrons. The predicted molar refractivity (Wildman–Crippen MR) is 77.6 cm³/mol. The van der Waals surface area contributed by atoms with Crippen molar-refractivity contribution in [1.82, 2.24) is 9.80 Å². The first-order valence-corrected chi connectivity index (χ1v) is 6.84. The van der Waals surface area contributed by atoms with Gasteiger partial charge in [0.1, 0.15) is 0 Å². The van der Waals surface area contributed by atoms with Crippen LogP contribution in [-0.4, -0.2) is 43.0 Å². The molecule has 1 aromatic carbocycles. The Morgan fingerprint density at radius 3 is 2.50 bits per heavy atom. The third-order valence-electron chi connectivity index (χ3n) is 4.17. The molecule has 0 bridgehead atoms. The Hall–Kier alpha value is -1.06. The standard InChI is InChI=1S/C15H25N3/c1-12(13-5-4-6-14(16)11-13)18-9-7-15(8-10-18)17(2)3/h4-6,11-12,15H,7-10,16H2,1-3H3. The van der Waals surface area contributed by atoms with Gasteiger partial charge in [-0.1, -0.05) is 12.1 Å². The van der Waals surface area contributed by atoms with Gasteiger partial charge in [0.05, 0.1) is 0 Å². The van der Waals surface area contributed by atoms with Crippen LogP contribution in [0.25, 0.3) is 0 Å². The molecule has 1 saturated heterocycles. The van der Waals surface area contributed by atoms with Crippen molar-refractivity contribution >= 4 is 5.69 Å². The molecule has 2 rings (SSSR count). The van der Waals surface area contributed by atoms with E-state index in [2.05, 4.69) is 43.0 Å². The smallest absolute Gasteiger partial charge is 0.0320 e. The molecule has 0 amide bonds. The molecule has 0 spiro atoms. The fourth-order valence-electron chi connectivity index (χ4n) is 2.82. The Morgan fingerprint density at radius 1 is 1.28 bits per heavy atom. The van der Waals surface area contributed by atoms with Crippen molar-refractivity contribution < 1.29 is 0 Å². The maximum atomic E-state index is 5.86. The summed E-state index contributed by atoms with van der Waals surface area (Å²) in [5.41, 5.74) is 8.06. The summed E-state index contributed by atoms with van der Waals surface area (Å²) >= 11 is 0. The van der Waals surface area contributed by atoms with Crippen molar-refractivity contribution in [2.24, 2.45) is 0 Å². The number of benzene rings is 1. The molecule has 3 nitrogen and oxygen atoms in total. The SMILES string of the molecule is CC(c1cccc(N)c1)N1CCC(N(C)C)CC1. The van der Waals surface area contributed by atoms with E-state index in [1.165, 1.54) is 31.5 Å². The summed E-state index contributed by atoms with van der Waals surface area (Å²) in [6.45, 7) is 4.64. The quantitative estimate of drug-likeness (QED) is 0.832. The maximum absolute atomic E-state index is 5.86. The minimum Gasteiger partial charge on any atom is -0.399 e. The minimum atomic E-state index is 0.469. The van der Waals surface area contributed by atoms with E-state index >= 15 is 0 Å². The molecule has 1 unspecified atom stereocenters. The summed E-state index contributed by atoms with van der Waals surface area (Å²) < 4.78 is 0. The number of likely N-dealkylation sites (tertiary alicyclic amines) is 1. The topological polar surface area (TPSA) is 32.5 Å². The van der Waals surface area contributed by atoms with Crippen molar-refractivity contribution in [3.05, 3.63) is 29.8 Å². The molecule has 3 heteroatoms. The van der Waals surface area contributed by atoms with Crippen LogP contribution < -0.4 is 5.73 Å². The lowest BCUT2D eigenvalue weighted by Crippen LogP contribution is -2.42. The molecule has 1 heterocycles. The van der Waals surface area contributed by atoms with E-state index in [9.17, 15) is 0 Å². The van der Waals surface area contributed by atoms with Crippen LogP contribution in [0.3, 0.4) is 0 Å². The lowest BCUT2D eigenvalue weighted by atomic mass is 9.99. The zero-order valence-electron chi connectivity index (χ0n) is 11.8. The lowest BCUT2D eigenvalue weighted by Gasteiger charge is -2.38. The molecule has 100 valence electrons. The highest BCUT2D eigenvalue weighted by Crippen LogP contribution is 2.26. The van der Waals surface area contributed by atoms with Crippen LogP contribution in [0.15, 0.2) is 24.3 Å². The first-order valence-electron chi connectivity index (χ1n) is 6.84. The lowest BCUT2D eigenvalue weighted by molar-refractivity contribution is 0.115. The summed E-state index contributed by atoms with van der Waals surface area (Å²) in [6, 6.07) is 9.50. The van der Waals surface area contributed by atoms with E-state index < -0.39 is 0 Å². The number of hydrogen-bond acceptors (Lipinski definition) is 3. The van der Waals surface area contributed by atoms with E-state index in [-0.39, 0.29) is 0 Å². The van der Waals surface area contributed by atoms with Gasteiger partial charge >= 0.3 is 0 Å². The van der Waals surface area contributed by atoms with Gasteiger partial charge in [0.2, 0.25) is 0 Å². The average Bonchev–Trinajstić information content (AvgIpc) is 2.38. The molecule has 0 aliphatic carbocycles. The summed E-state index contributed by atoms with van der Waals surface area (Å²) in [4.78, 5) is 4.91. The van der Waals surface area contributed by atoms with Gasteiger partial charge in [-0.3, -0.25) is 4.90 Å². The summed E-state index contributed by atoms with van der Waals surface area (Å²) in [5, 5.41) is 0. The second-order valence-electron chi connectivity index (χ2n) is 5.58. The molecule has 1 aromatic rings. The Labute approximate surface area is 111 Å². The number of piperidine rings is 1. The number of hydrogen-bond donors (Lipinski definition) is 1. The van der Waals surface area contributed by atoms with Gasteiger partial charge in [-0.15, -0.1) is 0 Å². The molecule has 18 heavy (non-hydrogen) atoms. The minimum absolute atomic E-state index is 0.469. The first-order chi connectivity index (χ1) is 8.58. The second-order valence-corrected chi connectivity index (χ2v) is 5.58. The van der Waals surface area contributed by atoms with Crippen molar-refractivity contribution in [1.29, 1.82) is 0 Å². The Balaban J connectivity index is 1.97. The average molecular weight is 247 g/mol. The van der Waals surface area contributed by atoms with Gasteiger partial charge in [0.15, 0.2) is 0 Å². The number of nitrogen functional groups attached to an aromatic ring is 1. The van der Waals surface area contributed by atoms with Gasteiger partial charge in [-0.25, -0.2) is 0 Å². The Kier molecular flexibility index (Phi) is 4.25. The van der Waals surface area contributed by atoms with Gasteiger partial charge in [-0.05, 0) is 51.6 Å². The van der Waals surface area contributed by atoms with Crippen molar-refractivity contribution in [2.75, 3.05) is 32.9 Å². The molecule has 1 aliphatic heterocycles. The van der Waals surface area contributed by atoms with Crippen LogP contribution >= 0.6 is 0 Å². The number of rotatable bonds is 3. The van der Waals surface area contributed by atoms with E-state index in [1.807, 2.05) is 12.1 Å². The zero-order valence-corrected chi connectivity index (χ0v) is 11.8. The molecular weight excluding hydrogens is 222 g/mol. The van der Waals surface area contributed by atoms with E-state index in [4.69, 9.17) is 5.73 Å². The summed E-state index contributed by atoms with van der Waals surface area (Å²) in [7, 11) is 4.36. The molecule has 1 aliphatic rings. The van der Waals surface area contributed by atoms with Crippen LogP contribution in [0.1, 0.15) is 31.4 Å². The number of nitrogens with two attached hydrogens (primary N) is 1. The first kappa shape index (κ1) is 13.4. The van der Waals surface area contributed by atoms with Crippen molar-refractivity contribution in [3.63, 3.8) is 0 Å². The molecule has 2 N–H and O–H groups in total. The highest BCUT2D eigenvalue weighted by atomic mass is 15.2. The van der Waals surface area contributed by atoms with Gasteiger partial charge in [0.25, 0.3) is 0 Å². The van der Waals surface area contributed by atoms with Crippen molar-refractivity contribution in [3.8, 4) is 0 Å². The van der Waals surface area contributed by atoms with Crippen LogP contribution in [0.4, 0.5) is 5.69 Å². The van der Waals surface area contributed by atoms with Gasteiger partial charge in [-0.2, -0.15) is 0 Å². The normalized spacial score (nSPS) is 20.2. The zero-order chi connectivity index (χ0) is 13.1. The third kappa shape index (κ3) is 3.03. The van der Waals surface area contributed by atoms with E-state index in [0.29, 0.717) is 6.04 Å². The molecular formula is C15H25N3. The van der Waals surface area contributed by atoms with E-state index in [1.54, 1.807) is 0 Å². The largest absolute Gasteiger partial charge is 0.399 e. The highest BCUT2D eigenvalue weighted by Gasteiger charge is 2.24. The number of anilines is 1. The molecule has 0 aromatic heterocycles. The van der Waals surface area contributed by atoms with Crippen LogP contribution in [0.2, 0.25) is 0 Å². The molecule has 1 fully saturated rings. The molecule has 1 atom stereocenters. The second kappa shape index (κ2) is 5.72. The van der Waals surface area contributed by atoms with Crippen molar-refractivity contribution in [2.45, 2.75) is 31.8 Å². The van der Waals surface area contributed by atoms with Gasteiger partial charge < -0.3 is 10.6 Å². The van der Waals surface area contributed by atoms with Crippen LogP contribution in [-0.2, 0) is 0 Å². The molecule has 0 saturated carbocycles. The summed E-state index contributed by atoms with van der Waals surface area (Å²) in [6.07, 6.45) is 2.53. The third-order valence-corrected chi connectivity index (χ3v) is 4.17. The fourth-order valence-corrected chi connectivity index (χ4v) is 2.82. The fraction of sp³-hybridized carbons (Fsp3) is 0.600. The van der Waals surface area contributed by atoms with Crippen LogP contribution in [0, 0.1) is 0 Å². The Morgan fingerprint density at radius 2 is 1.94 bits per heavy atom. The van der Waals surface area contributed by atoms with Gasteiger partial charge in [0, 0.05) is 30.9 Å². The maximum Gasteiger partial charge on any atom is 0.0320 e.